The molecule has 1 unspecified atom stereocenters. The molecule has 10 N–H and O–H groups in total. The largest absolute Gasteiger partial charge is 0.477 e. The number of anilines is 1. The maximum absolute atomic E-state index is 12.5. The Kier molecular flexibility index (Phi) is 8.50. The first-order chi connectivity index (χ1) is 16.7. The summed E-state index contributed by atoms with van der Waals surface area (Å²) in [4.78, 5) is 37.4. The van der Waals surface area contributed by atoms with Gasteiger partial charge in [0.2, 0.25) is 0 Å². The number of aliphatic carboxylic acids is 1. The number of aromatic nitrogens is 2. The van der Waals surface area contributed by atoms with Crippen molar-refractivity contribution >= 4 is 19.6 Å². The van der Waals surface area contributed by atoms with Crippen LogP contribution in [0.2, 0.25) is 0 Å². The molecule has 204 valence electrons. The van der Waals surface area contributed by atoms with Gasteiger partial charge in [-0.25, -0.2) is 18.7 Å². The third-order valence-electron chi connectivity index (χ3n) is 5.55. The zero-order chi connectivity index (χ0) is 27.0. The van der Waals surface area contributed by atoms with E-state index in [0.29, 0.717) is 0 Å². The average molecular weight is 543 g/mol. The summed E-state index contributed by atoms with van der Waals surface area (Å²) in [6.45, 7) is -1.99. The molecule has 3 heterocycles. The van der Waals surface area contributed by atoms with Crippen LogP contribution < -0.4 is 11.4 Å². The zero-order valence-corrected chi connectivity index (χ0v) is 19.1. The van der Waals surface area contributed by atoms with Gasteiger partial charge in [-0.2, -0.15) is 4.98 Å². The quantitative estimate of drug-likeness (QED) is 0.132. The predicted octanol–water partition coefficient (Wildman–Crippen LogP) is -4.78. The van der Waals surface area contributed by atoms with Gasteiger partial charge in [-0.05, 0) is 6.07 Å². The van der Waals surface area contributed by atoms with Gasteiger partial charge >= 0.3 is 19.5 Å². The van der Waals surface area contributed by atoms with E-state index in [4.69, 9.17) is 24.8 Å². The Morgan fingerprint density at radius 1 is 1.31 bits per heavy atom. The highest BCUT2D eigenvalue weighted by molar-refractivity contribution is 7.47. The number of carboxylic acids is 1. The van der Waals surface area contributed by atoms with Gasteiger partial charge in [-0.1, -0.05) is 0 Å². The van der Waals surface area contributed by atoms with Crippen LogP contribution in [-0.2, 0) is 27.9 Å². The Bertz CT molecular complexity index is 1060. The molecule has 2 saturated heterocycles. The van der Waals surface area contributed by atoms with Crippen molar-refractivity contribution < 1.29 is 68.5 Å². The highest BCUT2D eigenvalue weighted by atomic mass is 31.2. The van der Waals surface area contributed by atoms with Crippen LogP contribution in [0.3, 0.4) is 0 Å². The van der Waals surface area contributed by atoms with Crippen LogP contribution >= 0.6 is 7.82 Å². The minimum Gasteiger partial charge on any atom is -0.477 e. The van der Waals surface area contributed by atoms with Gasteiger partial charge in [0.25, 0.3) is 5.79 Å². The molecule has 19 heteroatoms. The van der Waals surface area contributed by atoms with Gasteiger partial charge in [-0.15, -0.1) is 0 Å². The molecule has 0 aromatic carbocycles. The van der Waals surface area contributed by atoms with E-state index in [1.165, 1.54) is 6.07 Å². The minimum atomic E-state index is -5.41. The first kappa shape index (κ1) is 28.5. The van der Waals surface area contributed by atoms with E-state index in [0.717, 1.165) is 10.8 Å². The van der Waals surface area contributed by atoms with Gasteiger partial charge < -0.3 is 55.8 Å². The van der Waals surface area contributed by atoms with E-state index in [-0.39, 0.29) is 5.82 Å². The molecule has 0 amide bonds. The molecule has 0 aliphatic carbocycles. The zero-order valence-electron chi connectivity index (χ0n) is 18.2. The van der Waals surface area contributed by atoms with Crippen LogP contribution in [0.25, 0.3) is 0 Å². The Balaban J connectivity index is 1.73. The Labute approximate surface area is 201 Å². The lowest BCUT2D eigenvalue weighted by Crippen LogP contribution is -2.62. The molecule has 36 heavy (non-hydrogen) atoms. The molecular formula is C17H26N3O15P. The topological polar surface area (TPSA) is 294 Å². The van der Waals surface area contributed by atoms with Crippen molar-refractivity contribution in [2.45, 2.75) is 61.2 Å². The summed E-state index contributed by atoms with van der Waals surface area (Å²) in [5.41, 5.74) is 4.46. The number of aliphatic hydroxyl groups excluding tert-OH is 6. The van der Waals surface area contributed by atoms with Crippen molar-refractivity contribution in [3.63, 3.8) is 0 Å². The van der Waals surface area contributed by atoms with Crippen LogP contribution in [-0.4, -0.2) is 118 Å². The van der Waals surface area contributed by atoms with E-state index >= 15 is 0 Å². The molecule has 3 rings (SSSR count). The molecule has 0 bridgehead atoms. The first-order valence-corrected chi connectivity index (χ1v) is 11.8. The van der Waals surface area contributed by atoms with Gasteiger partial charge in [-0.3, -0.25) is 9.09 Å². The van der Waals surface area contributed by atoms with E-state index in [1.54, 1.807) is 0 Å². The number of carbonyl (C=O) groups is 1. The Morgan fingerprint density at radius 2 is 1.97 bits per heavy atom. The second-order valence-corrected chi connectivity index (χ2v) is 9.47. The summed E-state index contributed by atoms with van der Waals surface area (Å²) >= 11 is 0. The van der Waals surface area contributed by atoms with E-state index < -0.39 is 93.9 Å². The third kappa shape index (κ3) is 5.75. The number of aliphatic hydroxyl groups is 6. The highest BCUT2D eigenvalue weighted by Gasteiger charge is 2.57. The van der Waals surface area contributed by atoms with Gasteiger partial charge in [0, 0.05) is 12.6 Å². The highest BCUT2D eigenvalue weighted by Crippen LogP contribution is 2.51. The van der Waals surface area contributed by atoms with E-state index in [9.17, 15) is 49.7 Å². The molecule has 0 spiro atoms. The summed E-state index contributed by atoms with van der Waals surface area (Å²) in [5.74, 6) is -5.26. The lowest BCUT2D eigenvalue weighted by Gasteiger charge is -2.43. The molecule has 0 radical (unpaired) electrons. The number of hydrogen-bond acceptors (Lipinski definition) is 15. The summed E-state index contributed by atoms with van der Waals surface area (Å²) in [7, 11) is -5.41. The molecule has 2 fully saturated rings. The summed E-state index contributed by atoms with van der Waals surface area (Å²) in [5, 5.41) is 68.9. The maximum atomic E-state index is 12.5. The van der Waals surface area contributed by atoms with E-state index in [1.807, 2.05) is 0 Å². The van der Waals surface area contributed by atoms with Crippen molar-refractivity contribution in [1.29, 1.82) is 0 Å². The van der Waals surface area contributed by atoms with E-state index in [2.05, 4.69) is 9.51 Å². The standard InChI is InChI=1S/C17H26N3O15P/c18-9-1-2-20(16(29)19-9)14-12(26)11(25)8(33-14)5-32-36(30,31)35-17(15(27)28)3-6(22)10(24)13(34-17)7(23)4-21/h1-2,6-8,10-14,21-26H,3-5H2,(H,27,28)(H,30,31)(H2,18,19,29)/t6-,7-,8-,10-,11-,12-,13-,14-,17-/m1/s1. The number of nitrogens with two attached hydrogens (primary N) is 1. The molecule has 18 nitrogen and oxygen atoms in total. The van der Waals surface area contributed by atoms with Crippen molar-refractivity contribution in [3.05, 3.63) is 22.7 Å². The fraction of sp³-hybridized carbons (Fsp3) is 0.706. The van der Waals surface area contributed by atoms with Gasteiger partial charge in [0.15, 0.2) is 6.23 Å². The monoisotopic (exact) mass is 543 g/mol. The molecule has 1 aromatic rings. The Hall–Kier alpha value is -2.06. The van der Waals surface area contributed by atoms with Crippen molar-refractivity contribution in [3.8, 4) is 0 Å². The fourth-order valence-corrected chi connectivity index (χ4v) is 4.65. The van der Waals surface area contributed by atoms with Gasteiger partial charge in [0.05, 0.1) is 19.3 Å². The number of rotatable bonds is 9. The van der Waals surface area contributed by atoms with Crippen LogP contribution in [0.1, 0.15) is 12.6 Å². The molecule has 10 atom stereocenters. The number of carboxylic acid groups (broad SMARTS) is 1. The van der Waals surface area contributed by atoms with Crippen LogP contribution in [0.4, 0.5) is 5.82 Å². The number of nitrogen functional groups attached to an aromatic ring is 1. The molecule has 0 saturated carbocycles. The normalized spacial score (nSPS) is 37.4. The minimum absolute atomic E-state index is 0.119. The van der Waals surface area contributed by atoms with Crippen molar-refractivity contribution in [2.24, 2.45) is 0 Å². The summed E-state index contributed by atoms with van der Waals surface area (Å²) in [6, 6.07) is 1.21. The molecule has 1 aromatic heterocycles. The van der Waals surface area contributed by atoms with Crippen molar-refractivity contribution in [1.82, 2.24) is 9.55 Å². The number of phosphoric ester groups is 1. The molecule has 2 aliphatic heterocycles. The summed E-state index contributed by atoms with van der Waals surface area (Å²) < 4.78 is 33.0. The van der Waals surface area contributed by atoms with Crippen LogP contribution in [0.15, 0.2) is 17.1 Å². The van der Waals surface area contributed by atoms with Crippen LogP contribution in [0, 0.1) is 0 Å². The molecular weight excluding hydrogens is 517 g/mol. The predicted molar refractivity (Wildman–Crippen MR) is 111 cm³/mol. The average Bonchev–Trinajstić information content (AvgIpc) is 3.07. The number of phosphoric acid groups is 1. The number of ether oxygens (including phenoxy) is 2. The Morgan fingerprint density at radius 3 is 2.56 bits per heavy atom. The van der Waals surface area contributed by atoms with Crippen LogP contribution in [0.5, 0.6) is 0 Å². The smallest absolute Gasteiger partial charge is 0.475 e. The second-order valence-electron chi connectivity index (χ2n) is 8.10. The SMILES string of the molecule is Nc1ccn([C@@H]2O[C@H](COP(=O)(O)O[C@@]3(C(=O)O)C[C@@H](O)[C@@H](O)[C@@H]([C@H](O)CO)O3)[C@@H](O)[C@H]2O)c(=O)n1. The second kappa shape index (κ2) is 10.7. The lowest BCUT2D eigenvalue weighted by atomic mass is 9.93. The molecule has 2 aliphatic rings. The van der Waals surface area contributed by atoms with Gasteiger partial charge in [0.1, 0.15) is 42.4 Å². The number of nitrogens with zero attached hydrogens (tertiary/aromatic N) is 2. The maximum Gasteiger partial charge on any atom is 0.475 e. The third-order valence-corrected chi connectivity index (χ3v) is 6.56. The summed E-state index contributed by atoms with van der Waals surface area (Å²) in [6.07, 6.45) is -14.1. The fourth-order valence-electron chi connectivity index (χ4n) is 3.69. The first-order valence-electron chi connectivity index (χ1n) is 10.3. The van der Waals surface area contributed by atoms with Crippen molar-refractivity contribution in [2.75, 3.05) is 18.9 Å². The lowest BCUT2D eigenvalue weighted by molar-refractivity contribution is -0.302. The number of hydrogen-bond donors (Lipinski definition) is 9.